The minimum Gasteiger partial charge on any atom is -0.370 e. The molecule has 0 unspecified atom stereocenters. The minimum absolute atomic E-state index is 0.245. The molecule has 5 N–H and O–H groups in total. The van der Waals surface area contributed by atoms with Gasteiger partial charge in [-0.25, -0.2) is 4.79 Å². The highest BCUT2D eigenvalue weighted by molar-refractivity contribution is 6.03. The normalized spacial score (nSPS) is 8.53. The molecule has 17 heavy (non-hydrogen) atoms. The number of benzene rings is 1. The van der Waals surface area contributed by atoms with E-state index in [2.05, 4.69) is 5.73 Å². The van der Waals surface area contributed by atoms with E-state index in [1.165, 1.54) is 0 Å². The van der Waals surface area contributed by atoms with Crippen molar-refractivity contribution in [3.63, 3.8) is 0 Å². The lowest BCUT2D eigenvalue weighted by Crippen LogP contribution is -2.34. The van der Waals surface area contributed by atoms with Crippen LogP contribution in [0.5, 0.6) is 0 Å². The smallest absolute Gasteiger partial charge is 0.319 e. The van der Waals surface area contributed by atoms with Crippen molar-refractivity contribution in [2.75, 3.05) is 0 Å². The first-order valence-corrected chi connectivity index (χ1v) is 4.91. The second-order valence-electron chi connectivity index (χ2n) is 3.00. The Morgan fingerprint density at radius 2 is 1.59 bits per heavy atom. The Balaban J connectivity index is 0.000000437. The number of nitrogens with one attached hydrogen (secondary N) is 1. The predicted molar refractivity (Wildman–Crippen MR) is 63.0 cm³/mol. The third-order valence-corrected chi connectivity index (χ3v) is 1.62. The summed E-state index contributed by atoms with van der Waals surface area (Å²) in [6.45, 7) is 1.72. The molecule has 0 spiro atoms. The third kappa shape index (κ3) is 7.55. The van der Waals surface area contributed by atoms with Crippen LogP contribution >= 0.6 is 0 Å². The van der Waals surface area contributed by atoms with E-state index in [0.717, 1.165) is 0 Å². The van der Waals surface area contributed by atoms with Crippen LogP contribution < -0.4 is 16.8 Å². The second kappa shape index (κ2) is 7.86. The van der Waals surface area contributed by atoms with Crippen LogP contribution in [-0.4, -0.2) is 17.8 Å². The van der Waals surface area contributed by atoms with E-state index in [1.807, 2.05) is 5.32 Å². The Hall–Kier alpha value is -2.37. The number of carbonyl (C=O) groups is 3. The van der Waals surface area contributed by atoms with Crippen LogP contribution in [0, 0.1) is 0 Å². The highest BCUT2D eigenvalue weighted by Gasteiger charge is 2.05. The first-order valence-electron chi connectivity index (χ1n) is 4.91. The van der Waals surface area contributed by atoms with Crippen LogP contribution in [0.1, 0.15) is 23.7 Å². The fourth-order valence-electron chi connectivity index (χ4n) is 0.774. The minimum atomic E-state index is -0.844. The fraction of sp³-hybridized carbons (Fsp3) is 0.182. The summed E-state index contributed by atoms with van der Waals surface area (Å²) in [5.41, 5.74) is 9.83. The van der Waals surface area contributed by atoms with Gasteiger partial charge in [0.05, 0.1) is 0 Å². The summed E-state index contributed by atoms with van der Waals surface area (Å²) in [6, 6.07) is 7.53. The number of imide groups is 1. The van der Waals surface area contributed by atoms with E-state index in [4.69, 9.17) is 5.73 Å². The van der Waals surface area contributed by atoms with Gasteiger partial charge in [0, 0.05) is 12.0 Å². The van der Waals surface area contributed by atoms with Crippen LogP contribution in [0.15, 0.2) is 30.3 Å². The Morgan fingerprint density at radius 3 is 1.94 bits per heavy atom. The van der Waals surface area contributed by atoms with Gasteiger partial charge in [0.15, 0.2) is 0 Å². The molecule has 6 nitrogen and oxygen atoms in total. The second-order valence-corrected chi connectivity index (χ2v) is 3.00. The molecule has 0 heterocycles. The van der Waals surface area contributed by atoms with Gasteiger partial charge in [0.2, 0.25) is 5.91 Å². The molecule has 6 heteroatoms. The molecule has 0 bridgehead atoms. The van der Waals surface area contributed by atoms with Crippen molar-refractivity contribution in [3.05, 3.63) is 35.9 Å². The number of nitrogens with two attached hydrogens (primary N) is 2. The molecular formula is C11H15N3O3. The van der Waals surface area contributed by atoms with Crippen molar-refractivity contribution >= 4 is 17.8 Å². The molecule has 0 aliphatic heterocycles. The molecule has 92 valence electrons. The standard InChI is InChI=1S/C8H8N2O2.C3H7NO/c9-8(12)10-7(11)6-4-2-1-3-5-6;1-2-3(4)5/h1-5H,(H3,9,10,11,12);2H2,1H3,(H2,4,5). The molecule has 0 radical (unpaired) electrons. The van der Waals surface area contributed by atoms with Gasteiger partial charge >= 0.3 is 6.03 Å². The van der Waals surface area contributed by atoms with Crippen LogP contribution in [0.3, 0.4) is 0 Å². The Kier molecular flexibility index (Phi) is 6.77. The fourth-order valence-corrected chi connectivity index (χ4v) is 0.774. The number of hydrogen-bond acceptors (Lipinski definition) is 3. The van der Waals surface area contributed by atoms with Crippen LogP contribution in [0.4, 0.5) is 4.79 Å². The molecule has 1 aromatic carbocycles. The summed E-state index contributed by atoms with van der Waals surface area (Å²) in [5, 5.41) is 1.96. The van der Waals surface area contributed by atoms with Crippen LogP contribution in [0.2, 0.25) is 0 Å². The lowest BCUT2D eigenvalue weighted by atomic mass is 10.2. The maximum absolute atomic E-state index is 11.0. The predicted octanol–water partition coefficient (Wildman–Crippen LogP) is 0.377. The average molecular weight is 237 g/mol. The molecular weight excluding hydrogens is 222 g/mol. The van der Waals surface area contributed by atoms with Gasteiger partial charge in [-0.3, -0.25) is 14.9 Å². The van der Waals surface area contributed by atoms with Crippen molar-refractivity contribution in [3.8, 4) is 0 Å². The summed E-state index contributed by atoms with van der Waals surface area (Å²) in [5.74, 6) is -0.729. The van der Waals surface area contributed by atoms with E-state index in [0.29, 0.717) is 12.0 Å². The molecule has 0 aromatic heterocycles. The van der Waals surface area contributed by atoms with E-state index in [9.17, 15) is 14.4 Å². The van der Waals surface area contributed by atoms with Gasteiger partial charge in [0.1, 0.15) is 0 Å². The van der Waals surface area contributed by atoms with Gasteiger partial charge < -0.3 is 11.5 Å². The highest BCUT2D eigenvalue weighted by atomic mass is 16.2. The largest absolute Gasteiger partial charge is 0.370 e. The molecule has 0 aliphatic carbocycles. The van der Waals surface area contributed by atoms with Gasteiger partial charge in [-0.15, -0.1) is 0 Å². The number of carbonyl (C=O) groups excluding carboxylic acids is 3. The van der Waals surface area contributed by atoms with Crippen molar-refractivity contribution < 1.29 is 14.4 Å². The maximum atomic E-state index is 11.0. The lowest BCUT2D eigenvalue weighted by molar-refractivity contribution is -0.117. The molecule has 1 rings (SSSR count). The molecule has 4 amide bonds. The highest BCUT2D eigenvalue weighted by Crippen LogP contribution is 1.96. The zero-order valence-electron chi connectivity index (χ0n) is 9.47. The number of amides is 4. The van der Waals surface area contributed by atoms with Gasteiger partial charge in [-0.1, -0.05) is 25.1 Å². The quantitative estimate of drug-likeness (QED) is 0.690. The zero-order valence-corrected chi connectivity index (χ0v) is 9.47. The number of rotatable bonds is 2. The molecule has 0 saturated heterocycles. The van der Waals surface area contributed by atoms with Crippen molar-refractivity contribution in [2.24, 2.45) is 11.5 Å². The van der Waals surface area contributed by atoms with E-state index in [-0.39, 0.29) is 5.91 Å². The first-order chi connectivity index (χ1) is 7.97. The lowest BCUT2D eigenvalue weighted by Gasteiger charge is -1.98. The van der Waals surface area contributed by atoms with E-state index >= 15 is 0 Å². The van der Waals surface area contributed by atoms with Crippen molar-refractivity contribution in [2.45, 2.75) is 13.3 Å². The summed E-state index contributed by atoms with van der Waals surface area (Å²) >= 11 is 0. The van der Waals surface area contributed by atoms with Gasteiger partial charge in [-0.2, -0.15) is 0 Å². The van der Waals surface area contributed by atoms with E-state index in [1.54, 1.807) is 37.3 Å². The molecule has 0 atom stereocenters. The van der Waals surface area contributed by atoms with Gasteiger partial charge in [0.25, 0.3) is 5.91 Å². The first kappa shape index (κ1) is 14.6. The molecule has 1 aromatic rings. The number of urea groups is 1. The molecule has 0 fully saturated rings. The van der Waals surface area contributed by atoms with E-state index < -0.39 is 11.9 Å². The Labute approximate surface area is 99.0 Å². The topological polar surface area (TPSA) is 115 Å². The van der Waals surface area contributed by atoms with Crippen molar-refractivity contribution in [1.82, 2.24) is 5.32 Å². The summed E-state index contributed by atoms with van der Waals surface area (Å²) in [7, 11) is 0. The summed E-state index contributed by atoms with van der Waals surface area (Å²) in [6.07, 6.45) is 0.444. The monoisotopic (exact) mass is 237 g/mol. The third-order valence-electron chi connectivity index (χ3n) is 1.62. The van der Waals surface area contributed by atoms with Gasteiger partial charge in [-0.05, 0) is 12.1 Å². The number of primary amides is 2. The molecule has 0 aliphatic rings. The Bertz CT molecular complexity index is 390. The molecule has 0 saturated carbocycles. The van der Waals surface area contributed by atoms with Crippen LogP contribution in [-0.2, 0) is 4.79 Å². The maximum Gasteiger partial charge on any atom is 0.319 e. The average Bonchev–Trinajstić information content (AvgIpc) is 2.30. The SMILES string of the molecule is CCC(N)=O.NC(=O)NC(=O)c1ccccc1. The zero-order chi connectivity index (χ0) is 13.3. The number of hydrogen-bond donors (Lipinski definition) is 3. The summed E-state index contributed by atoms with van der Waals surface area (Å²) < 4.78 is 0. The Morgan fingerprint density at radius 1 is 1.12 bits per heavy atom. The summed E-state index contributed by atoms with van der Waals surface area (Å²) in [4.78, 5) is 30.9. The van der Waals surface area contributed by atoms with Crippen LogP contribution in [0.25, 0.3) is 0 Å². The van der Waals surface area contributed by atoms with Crippen molar-refractivity contribution in [1.29, 1.82) is 0 Å².